The van der Waals surface area contributed by atoms with Crippen molar-refractivity contribution < 1.29 is 19.1 Å². The molecule has 8 heteroatoms. The van der Waals surface area contributed by atoms with Gasteiger partial charge in [0.15, 0.2) is 0 Å². The first-order valence-electron chi connectivity index (χ1n) is 13.6. The van der Waals surface area contributed by atoms with Crippen molar-refractivity contribution in [2.24, 2.45) is 11.1 Å². The maximum atomic E-state index is 13.1. The number of hydrogen-bond acceptors (Lipinski definition) is 5. The lowest BCUT2D eigenvalue weighted by molar-refractivity contribution is -0.130. The van der Waals surface area contributed by atoms with Crippen molar-refractivity contribution in [2.45, 2.75) is 65.0 Å². The quantitative estimate of drug-likeness (QED) is 0.353. The molecule has 0 saturated carbocycles. The molecule has 0 aromatic heterocycles. The SMILES string of the molecule is CC(C)(CCC(=O)NC(Cc1ccc(OCc2ccccc2)cc1)C(=O)NCCN1CCCCC1)C(N)=O. The van der Waals surface area contributed by atoms with Gasteiger partial charge in [-0.3, -0.25) is 14.4 Å². The number of benzene rings is 2. The average Bonchev–Trinajstić information content (AvgIpc) is 2.92. The van der Waals surface area contributed by atoms with Crippen molar-refractivity contribution in [2.75, 3.05) is 26.2 Å². The van der Waals surface area contributed by atoms with E-state index in [9.17, 15) is 14.4 Å². The van der Waals surface area contributed by atoms with Crippen LogP contribution in [0.15, 0.2) is 54.6 Å². The van der Waals surface area contributed by atoms with E-state index in [1.807, 2.05) is 54.6 Å². The van der Waals surface area contributed by atoms with E-state index >= 15 is 0 Å². The van der Waals surface area contributed by atoms with Crippen LogP contribution in [0.5, 0.6) is 5.75 Å². The molecule has 2 aromatic rings. The van der Waals surface area contributed by atoms with Crippen LogP contribution in [0.25, 0.3) is 0 Å². The zero-order chi connectivity index (χ0) is 27.4. The fourth-order valence-electron chi connectivity index (χ4n) is 4.37. The lowest BCUT2D eigenvalue weighted by Gasteiger charge is -2.27. The average molecular weight is 523 g/mol. The van der Waals surface area contributed by atoms with Crippen molar-refractivity contribution in [1.82, 2.24) is 15.5 Å². The van der Waals surface area contributed by atoms with E-state index in [1.54, 1.807) is 13.8 Å². The molecular weight excluding hydrogens is 480 g/mol. The van der Waals surface area contributed by atoms with E-state index in [0.29, 0.717) is 26.0 Å². The number of primary amides is 1. The van der Waals surface area contributed by atoms with E-state index in [1.165, 1.54) is 19.3 Å². The number of carbonyl (C=O) groups excluding carboxylic acids is 3. The second-order valence-corrected chi connectivity index (χ2v) is 10.7. The minimum Gasteiger partial charge on any atom is -0.489 e. The van der Waals surface area contributed by atoms with Crippen LogP contribution in [0, 0.1) is 5.41 Å². The lowest BCUT2D eigenvalue weighted by Crippen LogP contribution is -2.49. The highest BCUT2D eigenvalue weighted by molar-refractivity contribution is 5.88. The molecule has 1 fully saturated rings. The Kier molecular flexibility index (Phi) is 11.1. The van der Waals surface area contributed by atoms with Crippen molar-refractivity contribution in [3.05, 3.63) is 65.7 Å². The first-order chi connectivity index (χ1) is 18.2. The number of amides is 3. The smallest absolute Gasteiger partial charge is 0.242 e. The molecule has 1 aliphatic heterocycles. The summed E-state index contributed by atoms with van der Waals surface area (Å²) < 4.78 is 5.87. The molecule has 0 radical (unpaired) electrons. The van der Waals surface area contributed by atoms with Gasteiger partial charge in [0.05, 0.1) is 0 Å². The Morgan fingerprint density at radius 1 is 0.974 bits per heavy atom. The normalized spacial score (nSPS) is 14.9. The molecule has 206 valence electrons. The van der Waals surface area contributed by atoms with Crippen LogP contribution in [0.4, 0.5) is 0 Å². The standard InChI is InChI=1S/C30H42N4O4/c1-30(2,29(31)37)16-15-27(35)33-26(28(36)32-17-20-34-18-7-4-8-19-34)21-23-11-13-25(14-12-23)38-22-24-9-5-3-6-10-24/h3,5-6,9-14,26H,4,7-8,15-22H2,1-2H3,(H2,31,37)(H,32,36)(H,33,35). The maximum absolute atomic E-state index is 13.1. The van der Waals surface area contributed by atoms with Gasteiger partial charge in [0, 0.05) is 31.3 Å². The summed E-state index contributed by atoms with van der Waals surface area (Å²) in [7, 11) is 0. The van der Waals surface area contributed by atoms with Gasteiger partial charge >= 0.3 is 0 Å². The van der Waals surface area contributed by atoms with Gasteiger partial charge in [0.25, 0.3) is 0 Å². The van der Waals surface area contributed by atoms with Crippen LogP contribution in [-0.2, 0) is 27.4 Å². The third kappa shape index (κ3) is 9.82. The highest BCUT2D eigenvalue weighted by Crippen LogP contribution is 2.21. The first kappa shape index (κ1) is 29.2. The molecule has 0 aliphatic carbocycles. The predicted octanol–water partition coefficient (Wildman–Crippen LogP) is 3.19. The van der Waals surface area contributed by atoms with Gasteiger partial charge in [0.2, 0.25) is 17.7 Å². The summed E-state index contributed by atoms with van der Waals surface area (Å²) in [6, 6.07) is 16.8. The van der Waals surface area contributed by atoms with Crippen LogP contribution < -0.4 is 21.1 Å². The summed E-state index contributed by atoms with van der Waals surface area (Å²) in [4.78, 5) is 39.8. The number of piperidine rings is 1. The topological polar surface area (TPSA) is 114 Å². The number of nitrogens with two attached hydrogens (primary N) is 1. The van der Waals surface area contributed by atoms with Gasteiger partial charge in [-0.05, 0) is 55.6 Å². The highest BCUT2D eigenvalue weighted by Gasteiger charge is 2.27. The molecule has 1 heterocycles. The zero-order valence-corrected chi connectivity index (χ0v) is 22.7. The van der Waals surface area contributed by atoms with Gasteiger partial charge in [-0.25, -0.2) is 0 Å². The van der Waals surface area contributed by atoms with Crippen LogP contribution in [0.1, 0.15) is 57.1 Å². The van der Waals surface area contributed by atoms with Crippen molar-refractivity contribution in [1.29, 1.82) is 0 Å². The molecule has 3 rings (SSSR count). The third-order valence-electron chi connectivity index (χ3n) is 7.08. The van der Waals surface area contributed by atoms with E-state index in [4.69, 9.17) is 10.5 Å². The summed E-state index contributed by atoms with van der Waals surface area (Å²) in [6.45, 7) is 7.36. The number of carbonyl (C=O) groups is 3. The third-order valence-corrected chi connectivity index (χ3v) is 7.08. The fourth-order valence-corrected chi connectivity index (χ4v) is 4.37. The Morgan fingerprint density at radius 2 is 1.66 bits per heavy atom. The molecule has 38 heavy (non-hydrogen) atoms. The fraction of sp³-hybridized carbons (Fsp3) is 0.500. The summed E-state index contributed by atoms with van der Waals surface area (Å²) in [5, 5.41) is 5.88. The van der Waals surface area contributed by atoms with Gasteiger partial charge in [-0.1, -0.05) is 62.7 Å². The Bertz CT molecular complexity index is 1030. The monoisotopic (exact) mass is 522 g/mol. The predicted molar refractivity (Wildman–Crippen MR) is 148 cm³/mol. The number of hydrogen-bond donors (Lipinski definition) is 3. The number of ether oxygens (including phenoxy) is 1. The Morgan fingerprint density at radius 3 is 2.32 bits per heavy atom. The largest absolute Gasteiger partial charge is 0.489 e. The van der Waals surface area contributed by atoms with Crippen LogP contribution in [0.2, 0.25) is 0 Å². The molecule has 1 aliphatic rings. The number of nitrogens with zero attached hydrogens (tertiary/aromatic N) is 1. The van der Waals surface area contributed by atoms with Gasteiger partial charge in [-0.2, -0.15) is 0 Å². The molecule has 2 aromatic carbocycles. The molecule has 1 unspecified atom stereocenters. The van der Waals surface area contributed by atoms with Crippen LogP contribution >= 0.6 is 0 Å². The first-order valence-corrected chi connectivity index (χ1v) is 13.6. The van der Waals surface area contributed by atoms with Crippen LogP contribution in [0.3, 0.4) is 0 Å². The second kappa shape index (κ2) is 14.5. The summed E-state index contributed by atoms with van der Waals surface area (Å²) >= 11 is 0. The highest BCUT2D eigenvalue weighted by atomic mass is 16.5. The molecular formula is C30H42N4O4. The van der Waals surface area contributed by atoms with E-state index in [2.05, 4.69) is 15.5 Å². The maximum Gasteiger partial charge on any atom is 0.242 e. The molecule has 0 bridgehead atoms. The van der Waals surface area contributed by atoms with Gasteiger partial charge in [0.1, 0.15) is 18.4 Å². The molecule has 4 N–H and O–H groups in total. The minimum absolute atomic E-state index is 0.111. The summed E-state index contributed by atoms with van der Waals surface area (Å²) in [5.41, 5.74) is 6.64. The zero-order valence-electron chi connectivity index (χ0n) is 22.7. The minimum atomic E-state index is -0.793. The number of rotatable bonds is 14. The molecule has 0 spiro atoms. The van der Waals surface area contributed by atoms with Gasteiger partial charge in [-0.15, -0.1) is 0 Å². The molecule has 1 atom stereocenters. The van der Waals surface area contributed by atoms with Crippen LogP contribution in [-0.4, -0.2) is 54.8 Å². The van der Waals surface area contributed by atoms with Crippen molar-refractivity contribution in [3.63, 3.8) is 0 Å². The lowest BCUT2D eigenvalue weighted by atomic mass is 9.87. The Balaban J connectivity index is 1.58. The van der Waals surface area contributed by atoms with Crippen molar-refractivity contribution in [3.8, 4) is 5.75 Å². The molecule has 3 amide bonds. The van der Waals surface area contributed by atoms with E-state index in [-0.39, 0.29) is 18.2 Å². The summed E-state index contributed by atoms with van der Waals surface area (Å²) in [5.74, 6) is -0.211. The van der Waals surface area contributed by atoms with E-state index < -0.39 is 17.4 Å². The summed E-state index contributed by atoms with van der Waals surface area (Å²) in [6.07, 6.45) is 4.42. The Hall–Kier alpha value is -3.39. The van der Waals surface area contributed by atoms with E-state index in [0.717, 1.165) is 36.5 Å². The Labute approximate surface area is 226 Å². The molecule has 8 nitrogen and oxygen atoms in total. The molecule has 1 saturated heterocycles. The van der Waals surface area contributed by atoms with Crippen molar-refractivity contribution >= 4 is 17.7 Å². The second-order valence-electron chi connectivity index (χ2n) is 10.7. The number of nitrogens with one attached hydrogen (secondary N) is 2. The van der Waals surface area contributed by atoms with Gasteiger partial charge < -0.3 is 26.0 Å². The number of likely N-dealkylation sites (tertiary alicyclic amines) is 1.